The van der Waals surface area contributed by atoms with E-state index in [-0.39, 0.29) is 24.6 Å². The summed E-state index contributed by atoms with van der Waals surface area (Å²) in [5, 5.41) is 2.88. The fourth-order valence-corrected chi connectivity index (χ4v) is 4.47. The summed E-state index contributed by atoms with van der Waals surface area (Å²) in [6.45, 7) is 8.48. The maximum atomic E-state index is 13.9. The van der Waals surface area contributed by atoms with Gasteiger partial charge in [0, 0.05) is 18.2 Å². The first-order valence-corrected chi connectivity index (χ1v) is 13.1. The third kappa shape index (κ3) is 8.02. The van der Waals surface area contributed by atoms with Gasteiger partial charge in [-0.3, -0.25) is 13.9 Å². The van der Waals surface area contributed by atoms with Crippen molar-refractivity contribution in [2.75, 3.05) is 17.1 Å². The second kappa shape index (κ2) is 11.2. The van der Waals surface area contributed by atoms with Crippen LogP contribution < -0.4 is 9.62 Å². The number of carbonyl (C=O) groups is 2. The van der Waals surface area contributed by atoms with Crippen molar-refractivity contribution in [3.8, 4) is 0 Å². The Hall–Kier alpha value is -3.01. The summed E-state index contributed by atoms with van der Waals surface area (Å²) in [6.07, 6.45) is 1.15. The molecule has 0 aliphatic heterocycles. The van der Waals surface area contributed by atoms with Crippen LogP contribution in [0.2, 0.25) is 0 Å². The van der Waals surface area contributed by atoms with Crippen LogP contribution in [0.15, 0.2) is 42.5 Å². The number of halogens is 2. The Balaban J connectivity index is 2.48. The highest BCUT2D eigenvalue weighted by Gasteiger charge is 2.33. The van der Waals surface area contributed by atoms with Crippen LogP contribution in [0.5, 0.6) is 0 Å². The molecule has 2 aromatic carbocycles. The van der Waals surface area contributed by atoms with Crippen molar-refractivity contribution in [2.45, 2.75) is 59.2 Å². The number of aryl methyl sites for hydroxylation is 1. The van der Waals surface area contributed by atoms with E-state index < -0.39 is 45.7 Å². The number of carbonyl (C=O) groups excluding carboxylic acids is 2. The minimum atomic E-state index is -4.04. The normalized spacial score (nSPS) is 12.7. The predicted molar refractivity (Wildman–Crippen MR) is 132 cm³/mol. The number of anilines is 1. The van der Waals surface area contributed by atoms with Crippen LogP contribution in [0.25, 0.3) is 0 Å². The molecule has 0 heterocycles. The van der Waals surface area contributed by atoms with Gasteiger partial charge in [0.05, 0.1) is 11.9 Å². The van der Waals surface area contributed by atoms with E-state index in [1.165, 1.54) is 4.90 Å². The molecule has 0 bridgehead atoms. The predicted octanol–water partition coefficient (Wildman–Crippen LogP) is 3.76. The topological polar surface area (TPSA) is 86.8 Å². The monoisotopic (exact) mass is 509 g/mol. The molecule has 0 aliphatic carbocycles. The molecule has 2 rings (SSSR count). The van der Waals surface area contributed by atoms with E-state index in [1.54, 1.807) is 6.92 Å². The number of rotatable bonds is 9. The van der Waals surface area contributed by atoms with Gasteiger partial charge in [0.2, 0.25) is 21.8 Å². The molecule has 0 radical (unpaired) electrons. The van der Waals surface area contributed by atoms with E-state index in [0.29, 0.717) is 4.31 Å². The first-order valence-electron chi connectivity index (χ1n) is 11.2. The number of benzene rings is 2. The lowest BCUT2D eigenvalue weighted by Gasteiger charge is -2.34. The van der Waals surface area contributed by atoms with Crippen LogP contribution in [-0.2, 0) is 26.2 Å². The zero-order valence-corrected chi connectivity index (χ0v) is 21.7. The molecule has 192 valence electrons. The molecule has 0 aliphatic rings. The summed E-state index contributed by atoms with van der Waals surface area (Å²) in [4.78, 5) is 28.0. The van der Waals surface area contributed by atoms with Crippen LogP contribution in [0.1, 0.15) is 45.2 Å². The number of nitrogens with zero attached hydrogens (tertiary/aromatic N) is 2. The number of hydrogen-bond donors (Lipinski definition) is 1. The molecule has 35 heavy (non-hydrogen) atoms. The quantitative estimate of drug-likeness (QED) is 0.558. The molecular weight excluding hydrogens is 476 g/mol. The molecule has 0 fully saturated rings. The number of hydrogen-bond acceptors (Lipinski definition) is 4. The number of amides is 2. The van der Waals surface area contributed by atoms with Gasteiger partial charge in [0.15, 0.2) is 11.6 Å². The Kier molecular flexibility index (Phi) is 9.00. The van der Waals surface area contributed by atoms with E-state index in [9.17, 15) is 26.8 Å². The fourth-order valence-electron chi connectivity index (χ4n) is 3.63. The van der Waals surface area contributed by atoms with Gasteiger partial charge < -0.3 is 10.2 Å². The third-order valence-electron chi connectivity index (χ3n) is 5.19. The minimum absolute atomic E-state index is 0.0615. The first-order chi connectivity index (χ1) is 16.1. The second-order valence-electron chi connectivity index (χ2n) is 9.54. The van der Waals surface area contributed by atoms with Gasteiger partial charge in [-0.2, -0.15) is 0 Å². The van der Waals surface area contributed by atoms with Crippen LogP contribution in [0.4, 0.5) is 14.5 Å². The fraction of sp³-hybridized carbons (Fsp3) is 0.440. The Labute approximate surface area is 206 Å². The summed E-state index contributed by atoms with van der Waals surface area (Å²) in [6, 6.07) is 9.13. The average Bonchev–Trinajstić information content (AvgIpc) is 2.71. The van der Waals surface area contributed by atoms with Crippen molar-refractivity contribution >= 4 is 27.5 Å². The molecule has 0 spiro atoms. The van der Waals surface area contributed by atoms with E-state index in [1.807, 2.05) is 52.0 Å². The molecule has 7 nitrogen and oxygen atoms in total. The molecule has 0 saturated carbocycles. The molecule has 1 atom stereocenters. The van der Waals surface area contributed by atoms with Crippen LogP contribution in [-0.4, -0.2) is 49.5 Å². The molecular formula is C25H33F2N3O4S. The molecule has 2 amide bonds. The van der Waals surface area contributed by atoms with E-state index in [0.717, 1.165) is 35.6 Å². The first kappa shape index (κ1) is 28.2. The Bertz CT molecular complexity index is 1180. The highest BCUT2D eigenvalue weighted by Crippen LogP contribution is 2.22. The standard InChI is InChI=1S/C25H33F2N3O4S/c1-7-22(24(32)28-25(3,4)5)29(15-18-10-8-9-17(2)13-18)23(31)16-30(35(6,33)34)19-11-12-20(26)21(27)14-19/h8-14,22H,7,15-16H2,1-6H3,(H,28,32). The van der Waals surface area contributed by atoms with Gasteiger partial charge in [-0.1, -0.05) is 36.8 Å². The zero-order chi connectivity index (χ0) is 26.6. The Morgan fingerprint density at radius 3 is 2.23 bits per heavy atom. The number of sulfonamides is 1. The lowest BCUT2D eigenvalue weighted by molar-refractivity contribution is -0.141. The van der Waals surface area contributed by atoms with Crippen LogP contribution in [0, 0.1) is 18.6 Å². The summed E-state index contributed by atoms with van der Waals surface area (Å²) in [5.74, 6) is -3.41. The molecule has 0 aromatic heterocycles. The highest BCUT2D eigenvalue weighted by molar-refractivity contribution is 7.92. The molecule has 2 aromatic rings. The maximum Gasteiger partial charge on any atom is 0.244 e. The van der Waals surface area contributed by atoms with Crippen molar-refractivity contribution < 1.29 is 26.8 Å². The largest absolute Gasteiger partial charge is 0.350 e. The molecule has 10 heteroatoms. The smallest absolute Gasteiger partial charge is 0.244 e. The van der Waals surface area contributed by atoms with Crippen molar-refractivity contribution in [3.05, 3.63) is 65.2 Å². The van der Waals surface area contributed by atoms with Crippen molar-refractivity contribution in [3.63, 3.8) is 0 Å². The highest BCUT2D eigenvalue weighted by atomic mass is 32.2. The molecule has 1 N–H and O–H groups in total. The lowest BCUT2D eigenvalue weighted by Crippen LogP contribution is -2.55. The van der Waals surface area contributed by atoms with Gasteiger partial charge in [0.25, 0.3) is 0 Å². The van der Waals surface area contributed by atoms with Crippen LogP contribution in [0.3, 0.4) is 0 Å². The average molecular weight is 510 g/mol. The lowest BCUT2D eigenvalue weighted by atomic mass is 10.0. The van der Waals surface area contributed by atoms with Gasteiger partial charge in [-0.25, -0.2) is 17.2 Å². The second-order valence-corrected chi connectivity index (χ2v) is 11.4. The van der Waals surface area contributed by atoms with E-state index in [2.05, 4.69) is 5.32 Å². The third-order valence-corrected chi connectivity index (χ3v) is 6.33. The van der Waals surface area contributed by atoms with Crippen molar-refractivity contribution in [2.24, 2.45) is 0 Å². The summed E-state index contributed by atoms with van der Waals surface area (Å²) >= 11 is 0. The minimum Gasteiger partial charge on any atom is -0.350 e. The van der Waals surface area contributed by atoms with Gasteiger partial charge in [-0.05, 0) is 51.8 Å². The van der Waals surface area contributed by atoms with E-state index in [4.69, 9.17) is 0 Å². The van der Waals surface area contributed by atoms with Gasteiger partial charge >= 0.3 is 0 Å². The van der Waals surface area contributed by atoms with Gasteiger partial charge in [-0.15, -0.1) is 0 Å². The van der Waals surface area contributed by atoms with Crippen molar-refractivity contribution in [1.29, 1.82) is 0 Å². The molecule has 1 unspecified atom stereocenters. The Morgan fingerprint density at radius 1 is 1.06 bits per heavy atom. The Morgan fingerprint density at radius 2 is 1.71 bits per heavy atom. The summed E-state index contributed by atoms with van der Waals surface area (Å²) in [7, 11) is -4.04. The van der Waals surface area contributed by atoms with Gasteiger partial charge in [0.1, 0.15) is 12.6 Å². The van der Waals surface area contributed by atoms with Crippen molar-refractivity contribution in [1.82, 2.24) is 10.2 Å². The zero-order valence-electron chi connectivity index (χ0n) is 20.9. The van der Waals surface area contributed by atoms with E-state index >= 15 is 0 Å². The summed E-state index contributed by atoms with van der Waals surface area (Å²) in [5.41, 5.74) is 0.982. The number of nitrogens with one attached hydrogen (secondary N) is 1. The maximum absolute atomic E-state index is 13.9. The van der Waals surface area contributed by atoms with Crippen LogP contribution >= 0.6 is 0 Å². The SMILES string of the molecule is CCC(C(=O)NC(C)(C)C)N(Cc1cccc(C)c1)C(=O)CN(c1ccc(F)c(F)c1)S(C)(=O)=O. The summed E-state index contributed by atoms with van der Waals surface area (Å²) < 4.78 is 53.0. The molecule has 0 saturated heterocycles.